The van der Waals surface area contributed by atoms with Gasteiger partial charge in [0.25, 0.3) is 0 Å². The Morgan fingerprint density at radius 2 is 1.84 bits per heavy atom. The molecule has 2 aliphatic heterocycles. The van der Waals surface area contributed by atoms with Crippen molar-refractivity contribution >= 4 is 66.5 Å². The third-order valence-corrected chi connectivity index (χ3v) is 6.63. The number of fused-ring (bicyclic) bond motifs is 2. The normalized spacial score (nSPS) is 20.7. The van der Waals surface area contributed by atoms with Crippen LogP contribution in [0.1, 0.15) is 19.5 Å². The van der Waals surface area contributed by atoms with Gasteiger partial charge in [0, 0.05) is 28.7 Å². The Morgan fingerprint density at radius 1 is 1.21 bits per heavy atom. The van der Waals surface area contributed by atoms with Crippen LogP contribution < -0.4 is 0 Å². The summed E-state index contributed by atoms with van der Waals surface area (Å²) in [5.74, 6) is 0. The van der Waals surface area contributed by atoms with E-state index in [9.17, 15) is 8.63 Å². The molecule has 0 saturated heterocycles. The molecule has 100 valence electrons. The lowest BCUT2D eigenvalue weighted by molar-refractivity contribution is -0.363. The van der Waals surface area contributed by atoms with Gasteiger partial charge in [-0.3, -0.25) is 0 Å². The molecule has 0 fully saturated rings. The molecule has 0 radical (unpaired) electrons. The lowest BCUT2D eigenvalue weighted by atomic mass is 9.91. The maximum atomic E-state index is 14.8. The minimum atomic E-state index is -3.90. The van der Waals surface area contributed by atoms with Crippen molar-refractivity contribution in [3.05, 3.63) is 36.6 Å². The molecule has 3 heterocycles. The lowest BCUT2D eigenvalue weighted by Gasteiger charge is -2.29. The van der Waals surface area contributed by atoms with Crippen molar-refractivity contribution in [2.24, 2.45) is 0 Å². The number of rotatable bonds is 0. The van der Waals surface area contributed by atoms with Crippen LogP contribution in [0.2, 0.25) is 0 Å². The van der Waals surface area contributed by atoms with Gasteiger partial charge in [-0.05, 0) is 60.8 Å². The Labute approximate surface area is 134 Å². The first-order valence-electron chi connectivity index (χ1n) is 5.57. The second-order valence-corrected chi connectivity index (χ2v) is 6.99. The maximum Gasteiger partial charge on any atom is 0.738 e. The zero-order valence-electron chi connectivity index (χ0n) is 10.0. The van der Waals surface area contributed by atoms with Gasteiger partial charge in [0.2, 0.25) is 0 Å². The molecule has 0 aliphatic carbocycles. The topological polar surface area (TPSA) is 7.94 Å². The maximum absolute atomic E-state index is 14.8. The van der Waals surface area contributed by atoms with E-state index in [0.717, 1.165) is 19.0 Å². The minimum Gasteiger partial charge on any atom is -0.389 e. The standard InChI is InChI=1S/C11H8BBr3F2N2/c1-5-9-4-7-3-8(13)11(15)19(7)12(16,17)18(9)6(2)10(5)14/h3-4H,1-2H3. The van der Waals surface area contributed by atoms with Gasteiger partial charge in [0.1, 0.15) is 5.71 Å². The van der Waals surface area contributed by atoms with Crippen LogP contribution in [0.5, 0.6) is 0 Å². The number of allylic oxidation sites excluding steroid dienone is 2. The van der Waals surface area contributed by atoms with Crippen LogP contribution >= 0.6 is 47.8 Å². The van der Waals surface area contributed by atoms with Gasteiger partial charge in [0.05, 0.1) is 9.09 Å². The summed E-state index contributed by atoms with van der Waals surface area (Å²) >= 11 is 9.89. The molecule has 0 bridgehead atoms. The third kappa shape index (κ3) is 1.65. The van der Waals surface area contributed by atoms with Crippen LogP contribution in [0.3, 0.4) is 0 Å². The summed E-state index contributed by atoms with van der Waals surface area (Å²) in [6.45, 7) is -0.361. The van der Waals surface area contributed by atoms with Crippen molar-refractivity contribution in [2.75, 3.05) is 0 Å². The number of nitrogens with zero attached hydrogens (tertiary/aromatic N) is 2. The fourth-order valence-electron chi connectivity index (χ4n) is 2.60. The van der Waals surface area contributed by atoms with Gasteiger partial charge in [-0.15, -0.1) is 0 Å². The van der Waals surface area contributed by atoms with E-state index >= 15 is 0 Å². The zero-order chi connectivity index (χ0) is 14.1. The minimum absolute atomic E-state index is 0.358. The summed E-state index contributed by atoms with van der Waals surface area (Å²) in [4.78, 5) is 0. The molecule has 0 saturated carbocycles. The molecule has 2 nitrogen and oxygen atoms in total. The first-order valence-corrected chi connectivity index (χ1v) is 7.95. The number of hydrogen-bond donors (Lipinski definition) is 0. The highest BCUT2D eigenvalue weighted by Crippen LogP contribution is 2.42. The van der Waals surface area contributed by atoms with Crippen LogP contribution in [-0.2, 0) is 0 Å². The first-order chi connectivity index (χ1) is 8.76. The second-order valence-electron chi connectivity index (χ2n) is 4.59. The van der Waals surface area contributed by atoms with E-state index < -0.39 is 6.97 Å². The van der Waals surface area contributed by atoms with Gasteiger partial charge in [-0.1, -0.05) is 0 Å². The summed E-state index contributed by atoms with van der Waals surface area (Å²) in [6, 6.07) is 1.69. The summed E-state index contributed by atoms with van der Waals surface area (Å²) in [5, 5.41) is 0. The van der Waals surface area contributed by atoms with Gasteiger partial charge >= 0.3 is 6.97 Å². The predicted octanol–water partition coefficient (Wildman–Crippen LogP) is 4.75. The average Bonchev–Trinajstić information content (AvgIpc) is 2.72. The highest BCUT2D eigenvalue weighted by molar-refractivity contribution is 9.13. The molecule has 0 atom stereocenters. The van der Waals surface area contributed by atoms with Crippen LogP contribution in [0.15, 0.2) is 30.9 Å². The Morgan fingerprint density at radius 3 is 2.47 bits per heavy atom. The van der Waals surface area contributed by atoms with Gasteiger partial charge in [-0.2, -0.15) is 0 Å². The summed E-state index contributed by atoms with van der Waals surface area (Å²) < 4.78 is 33.5. The van der Waals surface area contributed by atoms with Crippen LogP contribution in [-0.4, -0.2) is 21.6 Å². The van der Waals surface area contributed by atoms with E-state index in [1.54, 1.807) is 19.1 Å². The largest absolute Gasteiger partial charge is 0.738 e. The van der Waals surface area contributed by atoms with E-state index in [-0.39, 0.29) is 0 Å². The van der Waals surface area contributed by atoms with Crippen LogP contribution in [0.25, 0.3) is 6.08 Å². The van der Waals surface area contributed by atoms with E-state index in [1.165, 1.54) is 0 Å². The molecule has 19 heavy (non-hydrogen) atoms. The lowest BCUT2D eigenvalue weighted by Crippen LogP contribution is -2.50. The van der Waals surface area contributed by atoms with Crippen molar-refractivity contribution in [1.29, 1.82) is 0 Å². The van der Waals surface area contributed by atoms with Crippen LogP contribution in [0, 0.1) is 0 Å². The average molecular weight is 457 g/mol. The summed E-state index contributed by atoms with van der Waals surface area (Å²) in [6.07, 6.45) is 1.78. The highest BCUT2D eigenvalue weighted by Gasteiger charge is 2.54. The molecule has 0 spiro atoms. The molecular weight excluding hydrogens is 449 g/mol. The second kappa shape index (κ2) is 4.15. The Bertz CT molecular complexity index is 716. The zero-order valence-corrected chi connectivity index (χ0v) is 14.8. The Balaban J connectivity index is 2.39. The van der Waals surface area contributed by atoms with Gasteiger partial charge < -0.3 is 17.6 Å². The molecule has 0 N–H and O–H groups in total. The van der Waals surface area contributed by atoms with Crippen molar-refractivity contribution in [1.82, 2.24) is 4.48 Å². The van der Waals surface area contributed by atoms with Crippen molar-refractivity contribution < 1.29 is 13.1 Å². The number of aromatic nitrogens is 1. The highest BCUT2D eigenvalue weighted by atomic mass is 79.9. The number of halogens is 5. The molecule has 0 amide bonds. The first kappa shape index (κ1) is 13.8. The van der Waals surface area contributed by atoms with E-state index in [2.05, 4.69) is 47.8 Å². The van der Waals surface area contributed by atoms with Crippen molar-refractivity contribution in [3.8, 4) is 0 Å². The Hall–Kier alpha value is -0.205. The molecule has 2 aliphatic rings. The van der Waals surface area contributed by atoms with E-state index in [0.29, 0.717) is 26.2 Å². The van der Waals surface area contributed by atoms with Crippen molar-refractivity contribution in [3.63, 3.8) is 0 Å². The smallest absolute Gasteiger partial charge is 0.389 e. The summed E-state index contributed by atoms with van der Waals surface area (Å²) in [5.41, 5.74) is 2.42. The molecule has 1 aromatic rings. The van der Waals surface area contributed by atoms with E-state index in [1.807, 2.05) is 6.92 Å². The van der Waals surface area contributed by atoms with Crippen molar-refractivity contribution in [2.45, 2.75) is 13.8 Å². The third-order valence-electron chi connectivity index (χ3n) is 3.52. The van der Waals surface area contributed by atoms with Gasteiger partial charge in [-0.25, -0.2) is 0 Å². The fourth-order valence-corrected chi connectivity index (χ4v) is 3.98. The quantitative estimate of drug-likeness (QED) is 0.498. The van der Waals surface area contributed by atoms with E-state index in [4.69, 9.17) is 0 Å². The fraction of sp³-hybridized carbons (Fsp3) is 0.182. The Kier molecular flexibility index (Phi) is 3.00. The molecular formula is C11H8BBr3F2N2. The number of hydrogen-bond acceptors (Lipinski definition) is 0. The molecule has 8 heteroatoms. The monoisotopic (exact) mass is 454 g/mol. The van der Waals surface area contributed by atoms with Crippen LogP contribution in [0.4, 0.5) is 8.63 Å². The predicted molar refractivity (Wildman–Crippen MR) is 83.7 cm³/mol. The molecule has 1 aromatic heterocycles. The molecule has 0 unspecified atom stereocenters. The molecule has 0 aromatic carbocycles. The molecule has 3 rings (SSSR count). The van der Waals surface area contributed by atoms with Gasteiger partial charge in [0.15, 0.2) is 5.70 Å². The summed E-state index contributed by atoms with van der Waals surface area (Å²) in [7, 11) is 0. The SMILES string of the molecule is CC1=C(Br)C(C)=[N+]2C1=Cc1cc(Br)c(Br)n1[B-]2(F)F.